The fourth-order valence-corrected chi connectivity index (χ4v) is 2.53. The summed E-state index contributed by atoms with van der Waals surface area (Å²) < 4.78 is 0. The highest BCUT2D eigenvalue weighted by Gasteiger charge is 2.01. The molecule has 0 heterocycles. The lowest BCUT2D eigenvalue weighted by Gasteiger charge is -2.08. The van der Waals surface area contributed by atoms with Gasteiger partial charge in [0.2, 0.25) is 5.91 Å². The van der Waals surface area contributed by atoms with E-state index < -0.39 is 0 Å². The minimum Gasteiger partial charge on any atom is -1.00 e. The van der Waals surface area contributed by atoms with Gasteiger partial charge in [-0.2, -0.15) is 0 Å². The number of amides is 1. The molecule has 0 aliphatic heterocycles. The van der Waals surface area contributed by atoms with Gasteiger partial charge in [-0.15, -0.1) is 0 Å². The van der Waals surface area contributed by atoms with Gasteiger partial charge in [0.05, 0.1) is 20.6 Å². The highest BCUT2D eigenvalue weighted by Crippen LogP contribution is 2.11. The van der Waals surface area contributed by atoms with E-state index in [4.69, 9.17) is 0 Å². The molecule has 0 radical (unpaired) electrons. The zero-order valence-corrected chi connectivity index (χ0v) is 15.9. The quantitative estimate of drug-likeness (QED) is 0.416. The molecule has 3 nitrogen and oxygen atoms in total. The first-order chi connectivity index (χ1) is 10.2. The van der Waals surface area contributed by atoms with E-state index in [0.717, 1.165) is 25.9 Å². The van der Waals surface area contributed by atoms with E-state index in [1.807, 2.05) is 0 Å². The van der Waals surface area contributed by atoms with E-state index in [0.29, 0.717) is 6.42 Å². The van der Waals surface area contributed by atoms with Gasteiger partial charge >= 0.3 is 0 Å². The van der Waals surface area contributed by atoms with Crippen LogP contribution in [-0.2, 0) is 4.79 Å². The van der Waals surface area contributed by atoms with Crippen molar-refractivity contribution in [1.29, 1.82) is 0 Å². The third-order valence-electron chi connectivity index (χ3n) is 3.93. The smallest absolute Gasteiger partial charge is 0.219 e. The van der Waals surface area contributed by atoms with Gasteiger partial charge in [-0.05, 0) is 6.42 Å². The van der Waals surface area contributed by atoms with Crippen LogP contribution in [0.15, 0.2) is 0 Å². The van der Waals surface area contributed by atoms with E-state index in [-0.39, 0.29) is 25.7 Å². The zero-order chi connectivity index (χ0) is 15.8. The maximum Gasteiger partial charge on any atom is 0.219 e. The van der Waals surface area contributed by atoms with E-state index in [1.54, 1.807) is 0 Å². The largest absolute Gasteiger partial charge is 1.00 e. The van der Waals surface area contributed by atoms with Crippen LogP contribution in [0.25, 0.3) is 0 Å². The Bertz CT molecular complexity index is 235. The Labute approximate surface area is 152 Å². The molecule has 1 amide bonds. The van der Waals surface area contributed by atoms with Crippen LogP contribution < -0.4 is 22.6 Å². The first-order valence-electron chi connectivity index (χ1n) is 9.22. The second kappa shape index (κ2) is 21.7. The minimum atomic E-state index is 0. The lowest BCUT2D eigenvalue weighted by Crippen LogP contribution is -3.05. The molecule has 4 heteroatoms. The fraction of sp³-hybridized carbons (Fsp3) is 0.947. The number of carbonyl (C=O) groups is 1. The molecule has 0 spiro atoms. The van der Waals surface area contributed by atoms with Gasteiger partial charge in [-0.1, -0.05) is 72.1 Å². The zero-order valence-electron chi connectivity index (χ0n) is 15.2. The Morgan fingerprint density at radius 2 is 1.30 bits per heavy atom. The molecule has 0 aliphatic carbocycles. The molecule has 0 atom stereocenters. The Morgan fingerprint density at radius 1 is 0.826 bits per heavy atom. The molecule has 0 aromatic carbocycles. The molecule has 0 aliphatic rings. The third kappa shape index (κ3) is 24.1. The van der Waals surface area contributed by atoms with Crippen LogP contribution in [0.3, 0.4) is 0 Å². The first-order valence-corrected chi connectivity index (χ1v) is 9.22. The summed E-state index contributed by atoms with van der Waals surface area (Å²) in [4.78, 5) is 13.0. The Kier molecular flexibility index (Phi) is 26.0. The number of hydrogen-bond donors (Lipinski definition) is 2. The van der Waals surface area contributed by atoms with Gasteiger partial charge in [-0.25, -0.2) is 0 Å². The maximum atomic E-state index is 11.6. The third-order valence-corrected chi connectivity index (χ3v) is 3.93. The summed E-state index contributed by atoms with van der Waals surface area (Å²) in [6, 6.07) is 0. The van der Waals surface area contributed by atoms with E-state index in [1.165, 1.54) is 62.7 Å². The topological polar surface area (TPSA) is 33.5 Å². The minimum absolute atomic E-state index is 0. The van der Waals surface area contributed by atoms with Gasteiger partial charge < -0.3 is 22.6 Å². The molecule has 0 saturated carbocycles. The molecule has 0 saturated heterocycles. The van der Waals surface area contributed by atoms with Crippen LogP contribution in [0.5, 0.6) is 0 Å². The first kappa shape index (κ1) is 27.6. The van der Waals surface area contributed by atoms with Crippen LogP contribution in [0.2, 0.25) is 0 Å². The Hall–Kier alpha value is -0.280. The van der Waals surface area contributed by atoms with Crippen molar-refractivity contribution in [3.05, 3.63) is 0 Å². The van der Waals surface area contributed by atoms with Crippen molar-refractivity contribution >= 4 is 5.91 Å². The molecule has 142 valence electrons. The summed E-state index contributed by atoms with van der Waals surface area (Å²) in [7, 11) is 4.29. The summed E-state index contributed by atoms with van der Waals surface area (Å²) in [5.41, 5.74) is 0. The second-order valence-electron chi connectivity index (χ2n) is 6.59. The average molecular weight is 351 g/mol. The molecule has 0 rings (SSSR count). The van der Waals surface area contributed by atoms with Crippen molar-refractivity contribution in [1.82, 2.24) is 5.32 Å². The molecule has 0 aromatic rings. The number of nitrogens with one attached hydrogen (secondary N) is 2. The number of hydrogen-bond acceptors (Lipinski definition) is 1. The number of carbonyl (C=O) groups excluding carboxylic acids is 1. The molecular weight excluding hydrogens is 308 g/mol. The average Bonchev–Trinajstić information content (AvgIpc) is 2.45. The van der Waals surface area contributed by atoms with Gasteiger partial charge in [0.1, 0.15) is 0 Å². The standard InChI is InChI=1S/C18H38N2O.CH4.ClH/c1-4-5-6-7-8-9-10-11-12-13-15-18(21)19-16-14-17-20(2)3;;/h4-17H2,1-3H3,(H,19,21);1H4;1H. The van der Waals surface area contributed by atoms with Crippen molar-refractivity contribution in [2.24, 2.45) is 0 Å². The molecular formula is C19H43ClN2O. The Morgan fingerprint density at radius 3 is 1.78 bits per heavy atom. The lowest BCUT2D eigenvalue weighted by molar-refractivity contribution is -0.858. The molecule has 0 bridgehead atoms. The van der Waals surface area contributed by atoms with Gasteiger partial charge in [0.25, 0.3) is 0 Å². The summed E-state index contributed by atoms with van der Waals surface area (Å²) in [6.45, 7) is 4.22. The van der Waals surface area contributed by atoms with Crippen LogP contribution >= 0.6 is 0 Å². The summed E-state index contributed by atoms with van der Waals surface area (Å²) in [5.74, 6) is 0.239. The lowest BCUT2D eigenvalue weighted by atomic mass is 10.1. The molecule has 2 N–H and O–H groups in total. The molecule has 0 unspecified atom stereocenters. The predicted octanol–water partition coefficient (Wildman–Crippen LogP) is 0.588. The fourth-order valence-electron chi connectivity index (χ4n) is 2.53. The summed E-state index contributed by atoms with van der Waals surface area (Å²) in [6.07, 6.45) is 15.0. The van der Waals surface area contributed by atoms with E-state index in [9.17, 15) is 4.79 Å². The SMILES string of the molecule is C.CCCCCCCCCCCCC(=O)NCCC[NH+](C)C.[Cl-]. The highest BCUT2D eigenvalue weighted by atomic mass is 35.5. The number of halogens is 1. The van der Waals surface area contributed by atoms with Crippen molar-refractivity contribution in [2.45, 2.75) is 91.4 Å². The van der Waals surface area contributed by atoms with Crippen molar-refractivity contribution in [2.75, 3.05) is 27.2 Å². The molecule has 23 heavy (non-hydrogen) atoms. The van der Waals surface area contributed by atoms with Gasteiger partial charge in [0, 0.05) is 19.4 Å². The number of quaternary nitrogens is 1. The van der Waals surface area contributed by atoms with Crippen molar-refractivity contribution < 1.29 is 22.1 Å². The highest BCUT2D eigenvalue weighted by molar-refractivity contribution is 5.75. The summed E-state index contributed by atoms with van der Waals surface area (Å²) in [5, 5.41) is 3.02. The van der Waals surface area contributed by atoms with Crippen molar-refractivity contribution in [3.63, 3.8) is 0 Å². The summed E-state index contributed by atoms with van der Waals surface area (Å²) >= 11 is 0. The second-order valence-corrected chi connectivity index (χ2v) is 6.59. The van der Waals surface area contributed by atoms with Gasteiger partial charge in [-0.3, -0.25) is 4.79 Å². The molecule has 0 aromatic heterocycles. The normalized spacial score (nSPS) is 10.1. The van der Waals surface area contributed by atoms with E-state index >= 15 is 0 Å². The molecule has 0 fully saturated rings. The van der Waals surface area contributed by atoms with Crippen molar-refractivity contribution in [3.8, 4) is 0 Å². The van der Waals surface area contributed by atoms with Crippen LogP contribution in [0.4, 0.5) is 0 Å². The van der Waals surface area contributed by atoms with Gasteiger partial charge in [0.15, 0.2) is 0 Å². The Balaban J connectivity index is -0.00000200. The van der Waals surface area contributed by atoms with E-state index in [2.05, 4.69) is 26.3 Å². The number of rotatable bonds is 15. The maximum absolute atomic E-state index is 11.6. The van der Waals surface area contributed by atoms with Crippen LogP contribution in [0, 0.1) is 0 Å². The van der Waals surface area contributed by atoms with Crippen LogP contribution in [0.1, 0.15) is 91.4 Å². The monoisotopic (exact) mass is 350 g/mol. The number of unbranched alkanes of at least 4 members (excludes halogenated alkanes) is 9. The van der Waals surface area contributed by atoms with Crippen LogP contribution in [-0.4, -0.2) is 33.1 Å². The predicted molar refractivity (Wildman–Crippen MR) is 98.5 cm³/mol.